The quantitative estimate of drug-likeness (QED) is 0.488. The number of nitrogens with one attached hydrogen (secondary N) is 3. The maximum Gasteiger partial charge on any atom is 0.320 e. The van der Waals surface area contributed by atoms with E-state index in [1.54, 1.807) is 26.5 Å². The van der Waals surface area contributed by atoms with Gasteiger partial charge in [-0.05, 0) is 12.0 Å². The summed E-state index contributed by atoms with van der Waals surface area (Å²) in [6, 6.07) is 11.2. The van der Waals surface area contributed by atoms with Gasteiger partial charge >= 0.3 is 6.03 Å². The summed E-state index contributed by atoms with van der Waals surface area (Å²) in [4.78, 5) is 19.2. The molecular formula is C22H28N6O3. The van der Waals surface area contributed by atoms with E-state index in [-0.39, 0.29) is 12.1 Å². The first-order valence-electron chi connectivity index (χ1n) is 10.4. The predicted molar refractivity (Wildman–Crippen MR) is 119 cm³/mol. The van der Waals surface area contributed by atoms with E-state index in [0.29, 0.717) is 24.8 Å². The Morgan fingerprint density at radius 3 is 2.81 bits per heavy atom. The van der Waals surface area contributed by atoms with E-state index in [0.717, 1.165) is 42.0 Å². The molecule has 3 heterocycles. The molecule has 2 aromatic heterocycles. The normalized spacial score (nSPS) is 15.0. The highest BCUT2D eigenvalue weighted by Gasteiger charge is 2.29. The first kappa shape index (κ1) is 21.1. The molecule has 9 heteroatoms. The highest BCUT2D eigenvalue weighted by atomic mass is 16.5. The Morgan fingerprint density at radius 1 is 1.26 bits per heavy atom. The van der Waals surface area contributed by atoms with Crippen molar-refractivity contribution in [2.45, 2.75) is 12.5 Å². The second-order valence-electron chi connectivity index (χ2n) is 7.73. The van der Waals surface area contributed by atoms with Gasteiger partial charge in [-0.25, -0.2) is 9.78 Å². The van der Waals surface area contributed by atoms with E-state index in [4.69, 9.17) is 9.47 Å². The number of anilines is 2. The maximum atomic E-state index is 12.6. The number of rotatable bonds is 9. The number of methoxy groups -OCH3 is 2. The fourth-order valence-electron chi connectivity index (χ4n) is 3.85. The van der Waals surface area contributed by atoms with Crippen LogP contribution in [0.5, 0.6) is 0 Å². The number of benzene rings is 1. The lowest BCUT2D eigenvalue weighted by Crippen LogP contribution is -2.49. The van der Waals surface area contributed by atoms with Crippen molar-refractivity contribution in [2.75, 3.05) is 50.7 Å². The molecule has 1 saturated heterocycles. The van der Waals surface area contributed by atoms with Gasteiger partial charge in [0.1, 0.15) is 5.82 Å². The molecule has 0 bridgehead atoms. The summed E-state index contributed by atoms with van der Waals surface area (Å²) in [6.07, 6.45) is 2.41. The zero-order valence-electron chi connectivity index (χ0n) is 17.8. The van der Waals surface area contributed by atoms with Crippen LogP contribution in [0.15, 0.2) is 42.6 Å². The number of pyridine rings is 1. The molecule has 0 aliphatic carbocycles. The van der Waals surface area contributed by atoms with Crippen LogP contribution in [0.3, 0.4) is 0 Å². The summed E-state index contributed by atoms with van der Waals surface area (Å²) >= 11 is 0. The number of carbonyl (C=O) groups is 1. The monoisotopic (exact) mass is 424 g/mol. The van der Waals surface area contributed by atoms with Crippen molar-refractivity contribution in [1.29, 1.82) is 0 Å². The molecule has 1 atom stereocenters. The standard InChI is InChI=1S/C22H28N6O3/c1-30-9-8-18(16-6-4-3-5-7-16)24-22(29)25-20-10-19-17(11-23-20)21(27-26-19)28-12-15(13-28)14-31-2/h3-7,10-11,15,18H,8-9,12-14H2,1-2H3,(H,26,27)(H2,23,24,25,29). The topological polar surface area (TPSA) is 104 Å². The van der Waals surface area contributed by atoms with E-state index >= 15 is 0 Å². The summed E-state index contributed by atoms with van der Waals surface area (Å²) in [6.45, 7) is 3.13. The molecule has 0 saturated carbocycles. The lowest BCUT2D eigenvalue weighted by molar-refractivity contribution is 0.137. The van der Waals surface area contributed by atoms with Gasteiger partial charge < -0.3 is 19.7 Å². The van der Waals surface area contributed by atoms with Gasteiger partial charge in [-0.15, -0.1) is 0 Å². The lowest BCUT2D eigenvalue weighted by atomic mass is 10.0. The minimum Gasteiger partial charge on any atom is -0.385 e. The Balaban J connectivity index is 1.40. The largest absolute Gasteiger partial charge is 0.385 e. The number of carbonyl (C=O) groups excluding carboxylic acids is 1. The third-order valence-electron chi connectivity index (χ3n) is 5.45. The van der Waals surface area contributed by atoms with Crippen molar-refractivity contribution < 1.29 is 14.3 Å². The third kappa shape index (κ3) is 4.95. The van der Waals surface area contributed by atoms with Crippen molar-refractivity contribution in [3.63, 3.8) is 0 Å². The second-order valence-corrected chi connectivity index (χ2v) is 7.73. The molecule has 1 unspecified atom stereocenters. The Kier molecular flexibility index (Phi) is 6.63. The van der Waals surface area contributed by atoms with E-state index in [2.05, 4.69) is 30.7 Å². The van der Waals surface area contributed by atoms with Gasteiger partial charge in [0.15, 0.2) is 5.82 Å². The Labute approximate surface area is 181 Å². The molecule has 9 nitrogen and oxygen atoms in total. The van der Waals surface area contributed by atoms with Crippen molar-refractivity contribution in [2.24, 2.45) is 5.92 Å². The van der Waals surface area contributed by atoms with Gasteiger partial charge in [0.2, 0.25) is 0 Å². The zero-order valence-corrected chi connectivity index (χ0v) is 17.8. The predicted octanol–water partition coefficient (Wildman–Crippen LogP) is 2.94. The van der Waals surface area contributed by atoms with Gasteiger partial charge in [0.25, 0.3) is 0 Å². The van der Waals surface area contributed by atoms with Crippen molar-refractivity contribution in [3.8, 4) is 0 Å². The molecule has 4 rings (SSSR count). The number of fused-ring (bicyclic) bond motifs is 1. The minimum absolute atomic E-state index is 0.157. The van der Waals surface area contributed by atoms with E-state index < -0.39 is 0 Å². The number of aromatic amines is 1. The Hall–Kier alpha value is -3.17. The van der Waals surface area contributed by atoms with Crippen LogP contribution in [0.4, 0.5) is 16.4 Å². The summed E-state index contributed by atoms with van der Waals surface area (Å²) in [5, 5.41) is 14.2. The average Bonchev–Trinajstić information content (AvgIpc) is 3.16. The minimum atomic E-state index is -0.318. The number of amides is 2. The first-order chi connectivity index (χ1) is 15.2. The van der Waals surface area contributed by atoms with E-state index in [1.807, 2.05) is 30.3 Å². The second kappa shape index (κ2) is 9.76. The average molecular weight is 425 g/mol. The fourth-order valence-corrected chi connectivity index (χ4v) is 3.85. The van der Waals surface area contributed by atoms with Crippen LogP contribution >= 0.6 is 0 Å². The molecular weight excluding hydrogens is 396 g/mol. The third-order valence-corrected chi connectivity index (χ3v) is 5.45. The van der Waals surface area contributed by atoms with Crippen LogP contribution in [0.1, 0.15) is 18.0 Å². The lowest BCUT2D eigenvalue weighted by Gasteiger charge is -2.39. The summed E-state index contributed by atoms with van der Waals surface area (Å²) in [7, 11) is 3.37. The van der Waals surface area contributed by atoms with Crippen molar-refractivity contribution in [1.82, 2.24) is 20.5 Å². The van der Waals surface area contributed by atoms with Crippen LogP contribution in [-0.4, -0.2) is 61.7 Å². The molecule has 1 aliphatic rings. The van der Waals surface area contributed by atoms with Crippen LogP contribution in [0, 0.1) is 5.92 Å². The molecule has 1 aromatic carbocycles. The van der Waals surface area contributed by atoms with E-state index in [1.165, 1.54) is 0 Å². The van der Waals surface area contributed by atoms with Gasteiger partial charge in [-0.2, -0.15) is 5.10 Å². The summed E-state index contributed by atoms with van der Waals surface area (Å²) in [5.41, 5.74) is 1.85. The van der Waals surface area contributed by atoms with Gasteiger partial charge in [0, 0.05) is 52.1 Å². The number of hydrogen-bond acceptors (Lipinski definition) is 6. The van der Waals surface area contributed by atoms with Gasteiger partial charge in [-0.3, -0.25) is 10.4 Å². The van der Waals surface area contributed by atoms with Gasteiger partial charge in [-0.1, -0.05) is 30.3 Å². The summed E-state index contributed by atoms with van der Waals surface area (Å²) in [5.74, 6) is 1.87. The first-order valence-corrected chi connectivity index (χ1v) is 10.4. The Morgan fingerprint density at radius 2 is 2.06 bits per heavy atom. The zero-order chi connectivity index (χ0) is 21.6. The molecule has 164 valence electrons. The van der Waals surface area contributed by atoms with Crippen molar-refractivity contribution >= 4 is 28.6 Å². The number of H-pyrrole nitrogens is 1. The highest BCUT2D eigenvalue weighted by molar-refractivity contribution is 5.94. The smallest absolute Gasteiger partial charge is 0.320 e. The molecule has 0 spiro atoms. The van der Waals surface area contributed by atoms with Crippen LogP contribution in [0.2, 0.25) is 0 Å². The molecule has 31 heavy (non-hydrogen) atoms. The molecule has 3 N–H and O–H groups in total. The SMILES string of the molecule is COCCC(NC(=O)Nc1cc2[nH]nc(N3CC(COC)C3)c2cn1)c1ccccc1. The maximum absolute atomic E-state index is 12.6. The van der Waals surface area contributed by atoms with E-state index in [9.17, 15) is 4.79 Å². The molecule has 2 amide bonds. The number of aromatic nitrogens is 3. The fraction of sp³-hybridized carbons (Fsp3) is 0.409. The molecule has 3 aromatic rings. The Bertz CT molecular complexity index is 1000. The van der Waals surface area contributed by atoms with Crippen molar-refractivity contribution in [3.05, 3.63) is 48.2 Å². The number of hydrogen-bond donors (Lipinski definition) is 3. The summed E-state index contributed by atoms with van der Waals surface area (Å²) < 4.78 is 10.4. The van der Waals surface area contributed by atoms with Crippen LogP contribution in [-0.2, 0) is 9.47 Å². The number of ether oxygens (including phenoxy) is 2. The number of urea groups is 1. The highest BCUT2D eigenvalue weighted by Crippen LogP contribution is 2.30. The number of nitrogens with zero attached hydrogens (tertiary/aromatic N) is 3. The van der Waals surface area contributed by atoms with Gasteiger partial charge in [0.05, 0.1) is 23.6 Å². The molecule has 1 fully saturated rings. The molecule has 0 radical (unpaired) electrons. The van der Waals surface area contributed by atoms with Crippen LogP contribution in [0.25, 0.3) is 10.9 Å². The molecule has 1 aliphatic heterocycles. The van der Waals surface area contributed by atoms with Crippen LogP contribution < -0.4 is 15.5 Å².